The van der Waals surface area contributed by atoms with Crippen LogP contribution in [0.15, 0.2) is 29.0 Å². The molecule has 0 aliphatic carbocycles. The van der Waals surface area contributed by atoms with E-state index >= 15 is 0 Å². The third kappa shape index (κ3) is 3.75. The quantitative estimate of drug-likeness (QED) is 0.832. The van der Waals surface area contributed by atoms with Crippen molar-refractivity contribution < 1.29 is 14.7 Å². The second-order valence-electron chi connectivity index (χ2n) is 3.96. The molecule has 1 amide bonds. The molecule has 1 unspecified atom stereocenters. The number of carboxylic acid groups (broad SMARTS) is 1. The minimum Gasteiger partial charge on any atom is -0.476 e. The van der Waals surface area contributed by atoms with Crippen molar-refractivity contribution in [2.45, 2.75) is 13.0 Å². The zero-order chi connectivity index (χ0) is 14.5. The Morgan fingerprint density at radius 1 is 1.45 bits per heavy atom. The molecule has 20 heavy (non-hydrogen) atoms. The molecule has 0 saturated heterocycles. The fraction of sp³-hybridized carbons (Fsp3) is 0.154. The van der Waals surface area contributed by atoms with Crippen LogP contribution in [0.3, 0.4) is 0 Å². The molecule has 2 rings (SSSR count). The fourth-order valence-electron chi connectivity index (χ4n) is 1.45. The van der Waals surface area contributed by atoms with E-state index in [9.17, 15) is 9.59 Å². The summed E-state index contributed by atoms with van der Waals surface area (Å²) in [6, 6.07) is 3.50. The summed E-state index contributed by atoms with van der Waals surface area (Å²) in [4.78, 5) is 27.4. The van der Waals surface area contributed by atoms with Crippen LogP contribution in [0.1, 0.15) is 33.3 Å². The minimum absolute atomic E-state index is 0.000210. The first-order chi connectivity index (χ1) is 9.56. The maximum atomic E-state index is 11.7. The Bertz CT molecular complexity index is 632. The summed E-state index contributed by atoms with van der Waals surface area (Å²) >= 11 is 2.76. The van der Waals surface area contributed by atoms with Gasteiger partial charge in [0.05, 0.1) is 6.04 Å². The van der Waals surface area contributed by atoms with E-state index in [4.69, 9.17) is 5.11 Å². The maximum absolute atomic E-state index is 11.7. The van der Waals surface area contributed by atoms with Crippen molar-refractivity contribution in [3.8, 4) is 0 Å². The van der Waals surface area contributed by atoms with E-state index in [1.54, 1.807) is 24.3 Å². The maximum Gasteiger partial charge on any atom is 0.355 e. The van der Waals surface area contributed by atoms with Crippen molar-refractivity contribution in [3.05, 3.63) is 44.5 Å². The number of nitrogens with zero attached hydrogens (tertiary/aromatic N) is 1. The molecule has 0 saturated carbocycles. The normalized spacial score (nSPS) is 12.4. The molecule has 0 bridgehead atoms. The number of hydrogen-bond donors (Lipinski definition) is 2. The molecule has 5 nitrogen and oxygen atoms in total. The van der Waals surface area contributed by atoms with Gasteiger partial charge in [-0.05, 0) is 24.4 Å². The second-order valence-corrected chi connectivity index (χ2v) is 5.82. The van der Waals surface area contributed by atoms with Crippen LogP contribution in [0.2, 0.25) is 0 Å². The van der Waals surface area contributed by atoms with Crippen molar-refractivity contribution >= 4 is 40.6 Å². The third-order valence-corrected chi connectivity index (χ3v) is 4.28. The van der Waals surface area contributed by atoms with Crippen molar-refractivity contribution in [3.63, 3.8) is 0 Å². The Kier molecular flexibility index (Phi) is 4.65. The van der Waals surface area contributed by atoms with Gasteiger partial charge in [0, 0.05) is 16.3 Å². The van der Waals surface area contributed by atoms with Crippen LogP contribution in [0.4, 0.5) is 0 Å². The average Bonchev–Trinajstić information content (AvgIpc) is 3.07. The number of carbonyl (C=O) groups excluding carboxylic acids is 1. The highest BCUT2D eigenvalue weighted by atomic mass is 32.1. The van der Waals surface area contributed by atoms with Crippen LogP contribution in [-0.2, 0) is 4.79 Å². The molecule has 0 aliphatic rings. The highest BCUT2D eigenvalue weighted by Crippen LogP contribution is 2.18. The summed E-state index contributed by atoms with van der Waals surface area (Å²) in [5.74, 6) is -1.30. The van der Waals surface area contributed by atoms with Crippen LogP contribution in [0.5, 0.6) is 0 Å². The Hall–Kier alpha value is -1.99. The number of carboxylic acids is 1. The van der Waals surface area contributed by atoms with Crippen LogP contribution >= 0.6 is 22.7 Å². The van der Waals surface area contributed by atoms with Gasteiger partial charge in [0.1, 0.15) is 5.01 Å². The summed E-state index contributed by atoms with van der Waals surface area (Å²) in [7, 11) is 0. The van der Waals surface area contributed by atoms with Gasteiger partial charge in [-0.15, -0.1) is 22.7 Å². The number of carbonyl (C=O) groups is 2. The lowest BCUT2D eigenvalue weighted by Crippen LogP contribution is -2.24. The smallest absolute Gasteiger partial charge is 0.355 e. The number of hydrogen-bond acceptors (Lipinski definition) is 5. The van der Waals surface area contributed by atoms with Gasteiger partial charge in [-0.2, -0.15) is 0 Å². The van der Waals surface area contributed by atoms with E-state index in [0.29, 0.717) is 5.01 Å². The minimum atomic E-state index is -1.07. The van der Waals surface area contributed by atoms with Crippen LogP contribution in [-0.4, -0.2) is 22.0 Å². The highest BCUT2D eigenvalue weighted by molar-refractivity contribution is 7.10. The van der Waals surface area contributed by atoms with Gasteiger partial charge in [0.25, 0.3) is 0 Å². The summed E-state index contributed by atoms with van der Waals surface area (Å²) in [6.45, 7) is 1.77. The molecule has 1 atom stereocenters. The lowest BCUT2D eigenvalue weighted by Gasteiger charge is -2.08. The van der Waals surface area contributed by atoms with Crippen molar-refractivity contribution in [2.24, 2.45) is 0 Å². The topological polar surface area (TPSA) is 79.3 Å². The Morgan fingerprint density at radius 3 is 2.85 bits per heavy atom. The van der Waals surface area contributed by atoms with E-state index in [-0.39, 0.29) is 17.6 Å². The Labute approximate surface area is 123 Å². The number of rotatable bonds is 5. The van der Waals surface area contributed by atoms with E-state index < -0.39 is 5.97 Å². The molecule has 2 aromatic heterocycles. The predicted octanol–water partition coefficient (Wildman–Crippen LogP) is 2.79. The molecule has 0 spiro atoms. The lowest BCUT2D eigenvalue weighted by atomic mass is 10.3. The molecular formula is C13H12N2O3S2. The van der Waals surface area contributed by atoms with Gasteiger partial charge in [-0.1, -0.05) is 6.07 Å². The summed E-state index contributed by atoms with van der Waals surface area (Å²) in [6.07, 6.45) is 3.19. The first kappa shape index (κ1) is 14.4. The van der Waals surface area contributed by atoms with Gasteiger partial charge in [0.15, 0.2) is 5.69 Å². The number of thiazole rings is 1. The predicted molar refractivity (Wildman–Crippen MR) is 79.0 cm³/mol. The SMILES string of the molecule is CC(NC(=O)C=Cc1cccs1)c1nc(C(=O)O)cs1. The van der Waals surface area contributed by atoms with Gasteiger partial charge in [0.2, 0.25) is 5.91 Å². The second kappa shape index (κ2) is 6.44. The Balaban J connectivity index is 1.94. The number of amides is 1. The van der Waals surface area contributed by atoms with Crippen molar-refractivity contribution in [1.29, 1.82) is 0 Å². The molecule has 104 valence electrons. The molecule has 2 aromatic rings. The summed E-state index contributed by atoms with van der Waals surface area (Å²) in [5, 5.41) is 15.5. The molecule has 7 heteroatoms. The molecule has 0 aromatic carbocycles. The third-order valence-electron chi connectivity index (χ3n) is 2.41. The van der Waals surface area contributed by atoms with Crippen LogP contribution in [0.25, 0.3) is 6.08 Å². The van der Waals surface area contributed by atoms with E-state index in [0.717, 1.165) is 4.88 Å². The number of aromatic carboxylic acids is 1. The molecule has 2 N–H and O–H groups in total. The van der Waals surface area contributed by atoms with Crippen LogP contribution < -0.4 is 5.32 Å². The monoisotopic (exact) mass is 308 g/mol. The zero-order valence-corrected chi connectivity index (χ0v) is 12.2. The molecular weight excluding hydrogens is 296 g/mol. The van der Waals surface area contributed by atoms with Gasteiger partial charge >= 0.3 is 5.97 Å². The molecule has 0 aliphatic heterocycles. The van der Waals surface area contributed by atoms with E-state index in [1.165, 1.54) is 22.8 Å². The summed E-state index contributed by atoms with van der Waals surface area (Å²) in [5.41, 5.74) is 0.000210. The number of nitrogens with one attached hydrogen (secondary N) is 1. The van der Waals surface area contributed by atoms with Gasteiger partial charge in [-0.25, -0.2) is 9.78 Å². The highest BCUT2D eigenvalue weighted by Gasteiger charge is 2.14. The molecule has 0 fully saturated rings. The summed E-state index contributed by atoms with van der Waals surface area (Å²) < 4.78 is 0. The number of thiophene rings is 1. The largest absolute Gasteiger partial charge is 0.476 e. The van der Waals surface area contributed by atoms with E-state index in [1.807, 2.05) is 17.5 Å². The number of aromatic nitrogens is 1. The lowest BCUT2D eigenvalue weighted by molar-refractivity contribution is -0.117. The van der Waals surface area contributed by atoms with Gasteiger partial charge in [-0.3, -0.25) is 4.79 Å². The van der Waals surface area contributed by atoms with Gasteiger partial charge < -0.3 is 10.4 Å². The van der Waals surface area contributed by atoms with Crippen molar-refractivity contribution in [2.75, 3.05) is 0 Å². The van der Waals surface area contributed by atoms with Crippen LogP contribution in [0, 0.1) is 0 Å². The molecule has 2 heterocycles. The average molecular weight is 308 g/mol. The Morgan fingerprint density at radius 2 is 2.25 bits per heavy atom. The first-order valence-electron chi connectivity index (χ1n) is 5.77. The first-order valence-corrected chi connectivity index (χ1v) is 7.53. The zero-order valence-electron chi connectivity index (χ0n) is 10.6. The molecule has 0 radical (unpaired) electrons. The van der Waals surface area contributed by atoms with Crippen molar-refractivity contribution in [1.82, 2.24) is 10.3 Å². The standard InChI is InChI=1S/C13H12N2O3S2/c1-8(12-15-10(7-20-12)13(17)18)14-11(16)5-4-9-3-2-6-19-9/h2-8H,1H3,(H,14,16)(H,17,18). The van der Waals surface area contributed by atoms with E-state index in [2.05, 4.69) is 10.3 Å². The fourth-order valence-corrected chi connectivity index (χ4v) is 2.87.